The second-order valence-electron chi connectivity index (χ2n) is 4.63. The summed E-state index contributed by atoms with van der Waals surface area (Å²) in [5.74, 6) is -0.659. The summed E-state index contributed by atoms with van der Waals surface area (Å²) in [4.78, 5) is 25.9. The van der Waals surface area contributed by atoms with Crippen LogP contribution in [-0.4, -0.2) is 59.5 Å². The molecular weight excluding hydrogens is 262 g/mol. The zero-order valence-corrected chi connectivity index (χ0v) is 12.0. The van der Waals surface area contributed by atoms with Gasteiger partial charge in [-0.25, -0.2) is 4.79 Å². The van der Waals surface area contributed by atoms with Gasteiger partial charge in [0.25, 0.3) is 5.91 Å². The van der Waals surface area contributed by atoms with E-state index >= 15 is 0 Å². The molecular formula is C13H19N3O4. The summed E-state index contributed by atoms with van der Waals surface area (Å²) in [5.41, 5.74) is 1.26. The van der Waals surface area contributed by atoms with Gasteiger partial charge in [0.05, 0.1) is 31.6 Å². The van der Waals surface area contributed by atoms with Crippen molar-refractivity contribution < 1.29 is 19.1 Å². The Morgan fingerprint density at radius 3 is 2.95 bits per heavy atom. The van der Waals surface area contributed by atoms with Crippen molar-refractivity contribution in [1.29, 1.82) is 0 Å². The number of aryl methyl sites for hydroxylation is 2. The lowest BCUT2D eigenvalue weighted by molar-refractivity contribution is -0.151. The first-order chi connectivity index (χ1) is 9.58. The van der Waals surface area contributed by atoms with Crippen LogP contribution in [0.4, 0.5) is 0 Å². The summed E-state index contributed by atoms with van der Waals surface area (Å²) < 4.78 is 11.6. The molecule has 7 nitrogen and oxygen atoms in total. The number of ether oxygens (including phenoxy) is 2. The van der Waals surface area contributed by atoms with E-state index in [-0.39, 0.29) is 12.5 Å². The highest BCUT2D eigenvalue weighted by atomic mass is 16.5. The smallest absolute Gasteiger partial charge is 0.331 e. The van der Waals surface area contributed by atoms with E-state index < -0.39 is 12.0 Å². The average molecular weight is 281 g/mol. The lowest BCUT2D eigenvalue weighted by Crippen LogP contribution is -2.53. The quantitative estimate of drug-likeness (QED) is 0.729. The van der Waals surface area contributed by atoms with Gasteiger partial charge >= 0.3 is 5.97 Å². The molecule has 0 bridgehead atoms. The highest BCUT2D eigenvalue weighted by Gasteiger charge is 2.35. The predicted molar refractivity (Wildman–Crippen MR) is 70.2 cm³/mol. The summed E-state index contributed by atoms with van der Waals surface area (Å²) in [6.45, 7) is 2.90. The number of nitrogens with zero attached hydrogens (tertiary/aromatic N) is 3. The third-order valence-electron chi connectivity index (χ3n) is 3.33. The molecule has 1 atom stereocenters. The van der Waals surface area contributed by atoms with Crippen molar-refractivity contribution in [2.75, 3.05) is 26.9 Å². The first-order valence-electron chi connectivity index (χ1n) is 6.57. The van der Waals surface area contributed by atoms with Crippen LogP contribution >= 0.6 is 0 Å². The number of morpholine rings is 1. The maximum atomic E-state index is 12.6. The van der Waals surface area contributed by atoms with E-state index in [4.69, 9.17) is 9.47 Å². The standard InChI is InChI=1S/C13H19N3O4/c1-4-10-9(7-15(2)14-10)12(17)16-5-6-20-8-11(16)13(18)19-3/h7,11H,4-6,8H2,1-3H3. The van der Waals surface area contributed by atoms with Crippen LogP contribution in [0.5, 0.6) is 0 Å². The fourth-order valence-corrected chi connectivity index (χ4v) is 2.31. The molecule has 0 spiro atoms. The zero-order valence-electron chi connectivity index (χ0n) is 12.0. The molecule has 1 amide bonds. The SMILES string of the molecule is CCc1nn(C)cc1C(=O)N1CCOCC1C(=O)OC. The van der Waals surface area contributed by atoms with Crippen molar-refractivity contribution in [2.45, 2.75) is 19.4 Å². The van der Waals surface area contributed by atoms with Gasteiger partial charge in [0.2, 0.25) is 0 Å². The number of rotatable bonds is 3. The molecule has 1 aromatic heterocycles. The summed E-state index contributed by atoms with van der Waals surface area (Å²) >= 11 is 0. The zero-order chi connectivity index (χ0) is 14.7. The number of methoxy groups -OCH3 is 1. The van der Waals surface area contributed by atoms with Gasteiger partial charge < -0.3 is 14.4 Å². The van der Waals surface area contributed by atoms with Crippen molar-refractivity contribution >= 4 is 11.9 Å². The Balaban J connectivity index is 2.27. The third-order valence-corrected chi connectivity index (χ3v) is 3.33. The van der Waals surface area contributed by atoms with Gasteiger partial charge in [0.1, 0.15) is 0 Å². The fourth-order valence-electron chi connectivity index (χ4n) is 2.31. The van der Waals surface area contributed by atoms with E-state index in [1.165, 1.54) is 12.0 Å². The second kappa shape index (κ2) is 6.04. The van der Waals surface area contributed by atoms with Crippen LogP contribution in [0.25, 0.3) is 0 Å². The number of amides is 1. The third kappa shape index (κ3) is 2.67. The van der Waals surface area contributed by atoms with Crippen LogP contribution in [0.2, 0.25) is 0 Å². The first-order valence-corrected chi connectivity index (χ1v) is 6.57. The van der Waals surface area contributed by atoms with Crippen molar-refractivity contribution in [3.63, 3.8) is 0 Å². The van der Waals surface area contributed by atoms with E-state index in [0.29, 0.717) is 25.1 Å². The molecule has 0 aliphatic carbocycles. The van der Waals surface area contributed by atoms with Crippen LogP contribution < -0.4 is 0 Å². The Morgan fingerprint density at radius 2 is 2.30 bits per heavy atom. The Kier molecular flexibility index (Phi) is 4.39. The summed E-state index contributed by atoms with van der Waals surface area (Å²) in [6, 6.07) is -0.689. The Bertz CT molecular complexity index is 512. The molecule has 7 heteroatoms. The van der Waals surface area contributed by atoms with Gasteiger partial charge in [-0.2, -0.15) is 5.10 Å². The lowest BCUT2D eigenvalue weighted by atomic mass is 10.1. The number of hydrogen-bond acceptors (Lipinski definition) is 5. The van der Waals surface area contributed by atoms with Crippen molar-refractivity contribution in [2.24, 2.45) is 7.05 Å². The van der Waals surface area contributed by atoms with Crippen molar-refractivity contribution in [1.82, 2.24) is 14.7 Å². The minimum Gasteiger partial charge on any atom is -0.467 e. The minimum atomic E-state index is -0.689. The number of hydrogen-bond donors (Lipinski definition) is 0. The van der Waals surface area contributed by atoms with E-state index in [1.54, 1.807) is 17.9 Å². The van der Waals surface area contributed by atoms with Crippen molar-refractivity contribution in [3.8, 4) is 0 Å². The van der Waals surface area contributed by atoms with Crippen LogP contribution in [0.3, 0.4) is 0 Å². The summed E-state index contributed by atoms with van der Waals surface area (Å²) in [7, 11) is 3.08. The lowest BCUT2D eigenvalue weighted by Gasteiger charge is -2.33. The normalized spacial score (nSPS) is 18.9. The molecule has 0 saturated carbocycles. The molecule has 1 aliphatic heterocycles. The average Bonchev–Trinajstić information content (AvgIpc) is 2.86. The maximum Gasteiger partial charge on any atom is 0.331 e. The molecule has 1 aliphatic rings. The summed E-state index contributed by atoms with van der Waals surface area (Å²) in [5, 5.41) is 4.26. The van der Waals surface area contributed by atoms with Gasteiger partial charge in [0, 0.05) is 19.8 Å². The van der Waals surface area contributed by atoms with Crippen LogP contribution in [0.15, 0.2) is 6.20 Å². The van der Waals surface area contributed by atoms with Crippen LogP contribution in [-0.2, 0) is 27.7 Å². The first kappa shape index (κ1) is 14.5. The van der Waals surface area contributed by atoms with Gasteiger partial charge in [-0.15, -0.1) is 0 Å². The van der Waals surface area contributed by atoms with Gasteiger partial charge in [-0.05, 0) is 6.42 Å². The minimum absolute atomic E-state index is 0.167. The van der Waals surface area contributed by atoms with Gasteiger partial charge in [0.15, 0.2) is 6.04 Å². The topological polar surface area (TPSA) is 73.7 Å². The monoisotopic (exact) mass is 281 g/mol. The Hall–Kier alpha value is -1.89. The van der Waals surface area contributed by atoms with Crippen LogP contribution in [0, 0.1) is 0 Å². The van der Waals surface area contributed by atoms with Gasteiger partial charge in [-0.3, -0.25) is 9.48 Å². The number of carbonyl (C=O) groups excluding carboxylic acids is 2. The number of carbonyl (C=O) groups is 2. The molecule has 110 valence electrons. The molecule has 2 heterocycles. The van der Waals surface area contributed by atoms with Crippen molar-refractivity contribution in [3.05, 3.63) is 17.5 Å². The number of esters is 1. The number of aromatic nitrogens is 2. The Labute approximate surface area is 117 Å². The molecule has 2 rings (SSSR count). The predicted octanol–water partition coefficient (Wildman–Crippen LogP) is -0.00350. The summed E-state index contributed by atoms with van der Waals surface area (Å²) in [6.07, 6.45) is 2.35. The maximum absolute atomic E-state index is 12.6. The molecule has 1 unspecified atom stereocenters. The van der Waals surface area contributed by atoms with Gasteiger partial charge in [-0.1, -0.05) is 6.92 Å². The van der Waals surface area contributed by atoms with E-state index in [9.17, 15) is 9.59 Å². The largest absolute Gasteiger partial charge is 0.467 e. The van der Waals surface area contributed by atoms with Crippen LogP contribution in [0.1, 0.15) is 23.0 Å². The molecule has 0 N–H and O–H groups in total. The molecule has 1 fully saturated rings. The molecule has 1 aromatic rings. The highest BCUT2D eigenvalue weighted by Crippen LogP contribution is 2.16. The van der Waals surface area contributed by atoms with E-state index in [1.807, 2.05) is 6.92 Å². The second-order valence-corrected chi connectivity index (χ2v) is 4.63. The Morgan fingerprint density at radius 1 is 1.55 bits per heavy atom. The molecule has 1 saturated heterocycles. The molecule has 0 radical (unpaired) electrons. The molecule has 0 aromatic carbocycles. The molecule has 20 heavy (non-hydrogen) atoms. The highest BCUT2D eigenvalue weighted by molar-refractivity contribution is 5.97. The van der Waals surface area contributed by atoms with E-state index in [2.05, 4.69) is 5.10 Å². The fraction of sp³-hybridized carbons (Fsp3) is 0.615. The van der Waals surface area contributed by atoms with E-state index in [0.717, 1.165) is 5.69 Å².